The van der Waals surface area contributed by atoms with E-state index in [-0.39, 0.29) is 11.9 Å². The molecule has 0 aliphatic carbocycles. The minimum Gasteiger partial charge on any atom is -0.488 e. The summed E-state index contributed by atoms with van der Waals surface area (Å²) in [6.45, 7) is 1.56. The van der Waals surface area contributed by atoms with Crippen molar-refractivity contribution in [3.63, 3.8) is 0 Å². The van der Waals surface area contributed by atoms with Crippen LogP contribution in [0, 0.1) is 5.82 Å². The van der Waals surface area contributed by atoms with Crippen molar-refractivity contribution in [2.45, 2.75) is 19.1 Å². The molecule has 1 unspecified atom stereocenters. The van der Waals surface area contributed by atoms with Crippen molar-refractivity contribution in [2.75, 3.05) is 6.54 Å². The molecule has 0 radical (unpaired) electrons. The van der Waals surface area contributed by atoms with Crippen molar-refractivity contribution in [2.24, 2.45) is 0 Å². The van der Waals surface area contributed by atoms with Crippen molar-refractivity contribution < 1.29 is 9.13 Å². The summed E-state index contributed by atoms with van der Waals surface area (Å²) in [6, 6.07) is 12.9. The number of hydrogen-bond donors (Lipinski definition) is 1. The van der Waals surface area contributed by atoms with Crippen LogP contribution in [0.4, 0.5) is 4.39 Å². The van der Waals surface area contributed by atoms with Gasteiger partial charge in [0.25, 0.3) is 0 Å². The molecule has 0 saturated carbocycles. The van der Waals surface area contributed by atoms with Gasteiger partial charge < -0.3 is 10.1 Å². The van der Waals surface area contributed by atoms with Crippen LogP contribution < -0.4 is 10.1 Å². The first-order chi connectivity index (χ1) is 9.70. The Kier molecular flexibility index (Phi) is 4.03. The Bertz CT molecular complexity index is 600. The summed E-state index contributed by atoms with van der Waals surface area (Å²) in [5, 5.41) is 3.38. The lowest BCUT2D eigenvalue weighted by molar-refractivity contribution is 0.227. The number of hydrogen-bond acceptors (Lipinski definition) is 2. The highest BCUT2D eigenvalue weighted by atomic mass is 79.9. The maximum absolute atomic E-state index is 13.1. The van der Waals surface area contributed by atoms with Crippen LogP contribution in [0.25, 0.3) is 0 Å². The Morgan fingerprint density at radius 1 is 1.20 bits per heavy atom. The van der Waals surface area contributed by atoms with E-state index in [4.69, 9.17) is 4.74 Å². The molecule has 0 bridgehead atoms. The molecule has 0 aromatic heterocycles. The Hall–Kier alpha value is -1.39. The third kappa shape index (κ3) is 3.19. The Morgan fingerprint density at radius 3 is 2.80 bits per heavy atom. The first-order valence-corrected chi connectivity index (χ1v) is 7.40. The van der Waals surface area contributed by atoms with E-state index in [1.165, 1.54) is 11.6 Å². The summed E-state index contributed by atoms with van der Waals surface area (Å²) >= 11 is 3.42. The highest BCUT2D eigenvalue weighted by Crippen LogP contribution is 2.28. The smallest absolute Gasteiger partial charge is 0.123 e. The maximum Gasteiger partial charge on any atom is 0.123 e. The lowest BCUT2D eigenvalue weighted by atomic mass is 10.1. The quantitative estimate of drug-likeness (QED) is 0.920. The van der Waals surface area contributed by atoms with Crippen LogP contribution in [0.1, 0.15) is 11.1 Å². The molecule has 0 fully saturated rings. The van der Waals surface area contributed by atoms with Crippen molar-refractivity contribution in [1.29, 1.82) is 0 Å². The van der Waals surface area contributed by atoms with Crippen LogP contribution in [0.2, 0.25) is 0 Å². The minimum absolute atomic E-state index is 0.0854. The van der Waals surface area contributed by atoms with E-state index in [0.29, 0.717) is 0 Å². The molecule has 1 aliphatic rings. The van der Waals surface area contributed by atoms with Crippen LogP contribution in [0.5, 0.6) is 5.75 Å². The molecule has 1 N–H and O–H groups in total. The van der Waals surface area contributed by atoms with Crippen LogP contribution >= 0.6 is 15.9 Å². The van der Waals surface area contributed by atoms with Crippen molar-refractivity contribution >= 4 is 15.9 Å². The van der Waals surface area contributed by atoms with E-state index in [1.54, 1.807) is 12.1 Å². The molecule has 2 aromatic carbocycles. The van der Waals surface area contributed by atoms with Crippen LogP contribution in [0.15, 0.2) is 46.9 Å². The van der Waals surface area contributed by atoms with E-state index in [2.05, 4.69) is 33.4 Å². The van der Waals surface area contributed by atoms with Gasteiger partial charge in [-0.2, -0.15) is 0 Å². The molecule has 1 atom stereocenters. The number of ether oxygens (including phenoxy) is 1. The van der Waals surface area contributed by atoms with Gasteiger partial charge >= 0.3 is 0 Å². The topological polar surface area (TPSA) is 21.3 Å². The van der Waals surface area contributed by atoms with Crippen LogP contribution in [-0.2, 0) is 13.0 Å². The fourth-order valence-electron chi connectivity index (χ4n) is 2.38. The zero-order chi connectivity index (χ0) is 13.9. The average molecular weight is 336 g/mol. The number of nitrogens with one attached hydrogen (secondary N) is 1. The summed E-state index contributed by atoms with van der Waals surface area (Å²) in [7, 11) is 0. The predicted molar refractivity (Wildman–Crippen MR) is 80.4 cm³/mol. The predicted octanol–water partition coefficient (Wildman–Crippen LogP) is 3.68. The van der Waals surface area contributed by atoms with E-state index in [0.717, 1.165) is 35.3 Å². The zero-order valence-corrected chi connectivity index (χ0v) is 12.5. The molecule has 20 heavy (non-hydrogen) atoms. The van der Waals surface area contributed by atoms with Gasteiger partial charge in [0.05, 0.1) is 0 Å². The molecule has 0 amide bonds. The van der Waals surface area contributed by atoms with Gasteiger partial charge in [-0.15, -0.1) is 0 Å². The van der Waals surface area contributed by atoms with Crippen molar-refractivity contribution in [1.82, 2.24) is 5.32 Å². The first-order valence-electron chi connectivity index (χ1n) is 6.61. The standard InChI is InChI=1S/C16H15BrFNO/c17-13-3-1-11(2-4-13)9-19-10-15-8-12-7-14(18)5-6-16(12)20-15/h1-7,15,19H,8-10H2. The Morgan fingerprint density at radius 2 is 2.00 bits per heavy atom. The summed E-state index contributed by atoms with van der Waals surface area (Å²) < 4.78 is 20.0. The summed E-state index contributed by atoms with van der Waals surface area (Å²) in [4.78, 5) is 0. The van der Waals surface area contributed by atoms with E-state index in [9.17, 15) is 4.39 Å². The normalized spacial score (nSPS) is 16.8. The molecule has 104 valence electrons. The monoisotopic (exact) mass is 335 g/mol. The van der Waals surface area contributed by atoms with E-state index in [1.807, 2.05) is 12.1 Å². The third-order valence-electron chi connectivity index (χ3n) is 3.38. The number of benzene rings is 2. The molecular weight excluding hydrogens is 321 g/mol. The number of rotatable bonds is 4. The van der Waals surface area contributed by atoms with Gasteiger partial charge in [0.15, 0.2) is 0 Å². The summed E-state index contributed by atoms with van der Waals surface area (Å²) in [5.41, 5.74) is 2.19. The lowest BCUT2D eigenvalue weighted by Gasteiger charge is -2.12. The second kappa shape index (κ2) is 5.94. The highest BCUT2D eigenvalue weighted by Gasteiger charge is 2.22. The molecule has 1 aliphatic heterocycles. The van der Waals surface area contributed by atoms with Gasteiger partial charge in [-0.1, -0.05) is 28.1 Å². The number of halogens is 2. The second-order valence-electron chi connectivity index (χ2n) is 4.95. The first kappa shape index (κ1) is 13.6. The van der Waals surface area contributed by atoms with E-state index >= 15 is 0 Å². The molecule has 0 spiro atoms. The second-order valence-corrected chi connectivity index (χ2v) is 5.87. The Labute approximate surface area is 126 Å². The van der Waals surface area contributed by atoms with Gasteiger partial charge in [0.1, 0.15) is 17.7 Å². The molecule has 4 heteroatoms. The summed E-state index contributed by atoms with van der Waals surface area (Å²) in [5.74, 6) is 0.609. The zero-order valence-electron chi connectivity index (χ0n) is 10.9. The largest absolute Gasteiger partial charge is 0.488 e. The molecule has 2 nitrogen and oxygen atoms in total. The Balaban J connectivity index is 1.50. The summed E-state index contributed by atoms with van der Waals surface area (Å²) in [6.07, 6.45) is 0.850. The van der Waals surface area contributed by atoms with Gasteiger partial charge in [-0.3, -0.25) is 0 Å². The molecular formula is C16H15BrFNO. The van der Waals surface area contributed by atoms with Crippen LogP contribution in [-0.4, -0.2) is 12.6 Å². The molecule has 1 heterocycles. The van der Waals surface area contributed by atoms with Crippen molar-refractivity contribution in [3.8, 4) is 5.75 Å². The third-order valence-corrected chi connectivity index (χ3v) is 3.91. The molecule has 3 rings (SSSR count). The molecule has 2 aromatic rings. The average Bonchev–Trinajstić information content (AvgIpc) is 2.83. The maximum atomic E-state index is 13.1. The van der Waals surface area contributed by atoms with Crippen LogP contribution in [0.3, 0.4) is 0 Å². The SMILES string of the molecule is Fc1ccc2c(c1)CC(CNCc1ccc(Br)cc1)O2. The minimum atomic E-state index is -0.198. The van der Waals surface area contributed by atoms with Gasteiger partial charge in [0.2, 0.25) is 0 Å². The highest BCUT2D eigenvalue weighted by molar-refractivity contribution is 9.10. The van der Waals surface area contributed by atoms with Gasteiger partial charge in [-0.25, -0.2) is 4.39 Å². The fourth-order valence-corrected chi connectivity index (χ4v) is 2.65. The van der Waals surface area contributed by atoms with Gasteiger partial charge in [-0.05, 0) is 35.9 Å². The fraction of sp³-hybridized carbons (Fsp3) is 0.250. The van der Waals surface area contributed by atoms with E-state index < -0.39 is 0 Å². The lowest BCUT2D eigenvalue weighted by Crippen LogP contribution is -2.29. The number of fused-ring (bicyclic) bond motifs is 1. The van der Waals surface area contributed by atoms with Gasteiger partial charge in [0, 0.05) is 29.5 Å². The molecule has 0 saturated heterocycles. The van der Waals surface area contributed by atoms with Crippen molar-refractivity contribution in [3.05, 3.63) is 63.9 Å².